The molecule has 1 aliphatic heterocycles. The van der Waals surface area contributed by atoms with Crippen molar-refractivity contribution in [1.29, 1.82) is 0 Å². The predicted octanol–water partition coefficient (Wildman–Crippen LogP) is 3.87. The molecule has 6 nitrogen and oxygen atoms in total. The molecular formula is C26H32N4O2S. The Labute approximate surface area is 198 Å². The minimum atomic E-state index is -0.0558. The highest BCUT2D eigenvalue weighted by molar-refractivity contribution is 7.14. The van der Waals surface area contributed by atoms with Crippen LogP contribution in [0.5, 0.6) is 0 Å². The second-order valence-corrected chi connectivity index (χ2v) is 11.6. The van der Waals surface area contributed by atoms with Crippen molar-refractivity contribution in [3.05, 3.63) is 67.9 Å². The van der Waals surface area contributed by atoms with Gasteiger partial charge in [0.1, 0.15) is 5.65 Å². The van der Waals surface area contributed by atoms with Crippen molar-refractivity contribution in [2.24, 2.45) is 11.3 Å². The highest BCUT2D eigenvalue weighted by Gasteiger charge is 2.31. The van der Waals surface area contributed by atoms with Gasteiger partial charge in [-0.05, 0) is 54.4 Å². The van der Waals surface area contributed by atoms with Crippen LogP contribution in [0.2, 0.25) is 0 Å². The Kier molecular flexibility index (Phi) is 5.87. The fourth-order valence-electron chi connectivity index (χ4n) is 5.05. The van der Waals surface area contributed by atoms with Gasteiger partial charge in [-0.3, -0.25) is 18.9 Å². The van der Waals surface area contributed by atoms with Crippen LogP contribution in [0.4, 0.5) is 0 Å². The molecule has 0 spiro atoms. The molecule has 3 aromatic heterocycles. The van der Waals surface area contributed by atoms with Crippen molar-refractivity contribution in [3.8, 4) is 0 Å². The molecule has 1 aliphatic carbocycles. The minimum Gasteiger partial charge on any atom is -0.335 e. The highest BCUT2D eigenvalue weighted by Crippen LogP contribution is 2.40. The van der Waals surface area contributed by atoms with Gasteiger partial charge in [0.15, 0.2) is 0 Å². The molecule has 0 saturated carbocycles. The molecule has 1 amide bonds. The second kappa shape index (κ2) is 8.69. The maximum atomic E-state index is 13.2. The number of fused-ring (bicyclic) bond motifs is 2. The molecule has 1 saturated heterocycles. The highest BCUT2D eigenvalue weighted by atomic mass is 32.1. The molecule has 7 heteroatoms. The van der Waals surface area contributed by atoms with Crippen LogP contribution >= 0.6 is 11.3 Å². The lowest BCUT2D eigenvalue weighted by molar-refractivity contribution is 0.0631. The van der Waals surface area contributed by atoms with E-state index in [1.54, 1.807) is 28.0 Å². The van der Waals surface area contributed by atoms with Gasteiger partial charge in [0.25, 0.3) is 11.5 Å². The first-order valence-corrected chi connectivity index (χ1v) is 12.7. The Balaban J connectivity index is 1.21. The number of aromatic nitrogens is 2. The van der Waals surface area contributed by atoms with E-state index in [1.807, 2.05) is 23.1 Å². The first-order chi connectivity index (χ1) is 15.8. The summed E-state index contributed by atoms with van der Waals surface area (Å²) in [5.41, 5.74) is 3.10. The molecule has 0 N–H and O–H groups in total. The van der Waals surface area contributed by atoms with Crippen LogP contribution in [0.1, 0.15) is 53.0 Å². The van der Waals surface area contributed by atoms with Gasteiger partial charge >= 0.3 is 0 Å². The molecule has 1 atom stereocenters. The lowest BCUT2D eigenvalue weighted by Crippen LogP contribution is -2.48. The van der Waals surface area contributed by atoms with Crippen molar-refractivity contribution in [3.63, 3.8) is 0 Å². The third kappa shape index (κ3) is 4.62. The summed E-state index contributed by atoms with van der Waals surface area (Å²) in [4.78, 5) is 36.8. The first-order valence-electron chi connectivity index (χ1n) is 11.9. The van der Waals surface area contributed by atoms with Crippen molar-refractivity contribution >= 4 is 22.9 Å². The maximum absolute atomic E-state index is 13.2. The van der Waals surface area contributed by atoms with E-state index in [0.717, 1.165) is 36.5 Å². The normalized spacial score (nSPS) is 19.6. The smallest absolute Gasteiger partial charge is 0.264 e. The van der Waals surface area contributed by atoms with Crippen LogP contribution in [-0.2, 0) is 19.4 Å². The Morgan fingerprint density at radius 3 is 2.70 bits per heavy atom. The largest absolute Gasteiger partial charge is 0.335 e. The van der Waals surface area contributed by atoms with E-state index in [9.17, 15) is 9.59 Å². The van der Waals surface area contributed by atoms with Crippen molar-refractivity contribution in [2.75, 3.05) is 26.2 Å². The molecule has 1 fully saturated rings. The van der Waals surface area contributed by atoms with Crippen LogP contribution in [0.25, 0.3) is 5.65 Å². The zero-order valence-electron chi connectivity index (χ0n) is 19.7. The number of pyridine rings is 1. The molecule has 5 rings (SSSR count). The number of nitrogens with zero attached hydrogens (tertiary/aromatic N) is 4. The van der Waals surface area contributed by atoms with Crippen LogP contribution < -0.4 is 5.56 Å². The summed E-state index contributed by atoms with van der Waals surface area (Å²) in [6.07, 6.45) is 5.15. The summed E-state index contributed by atoms with van der Waals surface area (Å²) in [5, 5.41) is 0. The molecule has 0 bridgehead atoms. The van der Waals surface area contributed by atoms with Gasteiger partial charge < -0.3 is 4.90 Å². The summed E-state index contributed by atoms with van der Waals surface area (Å²) < 4.78 is 1.56. The maximum Gasteiger partial charge on any atom is 0.264 e. The Hall–Kier alpha value is -2.51. The van der Waals surface area contributed by atoms with Gasteiger partial charge in [-0.2, -0.15) is 0 Å². The SMILES string of the molecule is CC(C)(C)[C@H]1CCc2sc(C(=O)N3CCN(Cc4cc(=O)n5ccccc5n4)CC3)cc2C1. The molecule has 2 aliphatic rings. The monoisotopic (exact) mass is 464 g/mol. The summed E-state index contributed by atoms with van der Waals surface area (Å²) in [6.45, 7) is 10.6. The van der Waals surface area contributed by atoms with Crippen molar-refractivity contribution < 1.29 is 4.79 Å². The van der Waals surface area contributed by atoms with Gasteiger partial charge in [0.05, 0.1) is 10.6 Å². The Bertz CT molecular complexity index is 1230. The lowest BCUT2D eigenvalue weighted by atomic mass is 9.72. The molecule has 0 unspecified atom stereocenters. The van der Waals surface area contributed by atoms with Gasteiger partial charge in [-0.25, -0.2) is 4.98 Å². The predicted molar refractivity (Wildman–Crippen MR) is 132 cm³/mol. The van der Waals surface area contributed by atoms with E-state index in [0.29, 0.717) is 36.6 Å². The fraction of sp³-hybridized carbons (Fsp3) is 0.500. The number of carbonyl (C=O) groups is 1. The van der Waals surface area contributed by atoms with Gasteiger partial charge in [-0.1, -0.05) is 26.8 Å². The van der Waals surface area contributed by atoms with Crippen LogP contribution in [0, 0.1) is 11.3 Å². The number of carbonyl (C=O) groups excluding carboxylic acids is 1. The Morgan fingerprint density at radius 2 is 1.94 bits per heavy atom. The third-order valence-electron chi connectivity index (χ3n) is 7.19. The minimum absolute atomic E-state index is 0.0558. The number of rotatable bonds is 3. The van der Waals surface area contributed by atoms with Gasteiger partial charge in [0, 0.05) is 49.9 Å². The number of aryl methyl sites for hydroxylation is 1. The summed E-state index contributed by atoms with van der Waals surface area (Å²) in [5.74, 6) is 0.853. The van der Waals surface area contributed by atoms with Crippen LogP contribution in [0.15, 0.2) is 41.3 Å². The van der Waals surface area contributed by atoms with Crippen LogP contribution in [0.3, 0.4) is 0 Å². The zero-order chi connectivity index (χ0) is 23.2. The summed E-state index contributed by atoms with van der Waals surface area (Å²) in [6, 6.07) is 9.36. The van der Waals surface area contributed by atoms with Gasteiger partial charge in [-0.15, -0.1) is 11.3 Å². The van der Waals surface area contributed by atoms with Gasteiger partial charge in [0.2, 0.25) is 0 Å². The Morgan fingerprint density at radius 1 is 1.15 bits per heavy atom. The molecule has 4 heterocycles. The van der Waals surface area contributed by atoms with E-state index in [1.165, 1.54) is 16.9 Å². The molecule has 174 valence electrons. The standard InChI is InChI=1S/C26H32N4O2S/c1-26(2,3)19-7-8-21-18(14-19)15-22(33-21)25(32)29-12-10-28(11-13-29)17-20-16-24(31)30-9-5-4-6-23(30)27-20/h4-6,9,15-16,19H,7-8,10-14,17H2,1-3H3/t19-/m0/s1. The number of amides is 1. The molecular weight excluding hydrogens is 432 g/mol. The number of hydrogen-bond acceptors (Lipinski definition) is 5. The third-order valence-corrected chi connectivity index (χ3v) is 8.41. The fourth-order valence-corrected chi connectivity index (χ4v) is 6.22. The number of piperazine rings is 1. The lowest BCUT2D eigenvalue weighted by Gasteiger charge is -2.34. The second-order valence-electron chi connectivity index (χ2n) is 10.4. The topological polar surface area (TPSA) is 57.9 Å². The molecule has 3 aromatic rings. The zero-order valence-corrected chi connectivity index (χ0v) is 20.5. The molecule has 33 heavy (non-hydrogen) atoms. The number of hydrogen-bond donors (Lipinski definition) is 0. The summed E-state index contributed by atoms with van der Waals surface area (Å²) in [7, 11) is 0. The van der Waals surface area contributed by atoms with E-state index >= 15 is 0 Å². The van der Waals surface area contributed by atoms with Crippen molar-refractivity contribution in [2.45, 2.75) is 46.6 Å². The number of thiophene rings is 1. The molecule has 0 aromatic carbocycles. The van der Waals surface area contributed by atoms with E-state index in [4.69, 9.17) is 0 Å². The van der Waals surface area contributed by atoms with E-state index < -0.39 is 0 Å². The average Bonchev–Trinajstić information content (AvgIpc) is 3.22. The summed E-state index contributed by atoms with van der Waals surface area (Å²) >= 11 is 1.70. The average molecular weight is 465 g/mol. The first kappa shape index (κ1) is 22.3. The van der Waals surface area contributed by atoms with Crippen molar-refractivity contribution in [1.82, 2.24) is 19.2 Å². The van der Waals surface area contributed by atoms with E-state index in [2.05, 4.69) is 36.7 Å². The van der Waals surface area contributed by atoms with E-state index in [-0.39, 0.29) is 11.5 Å². The quantitative estimate of drug-likeness (QED) is 0.591. The molecule has 0 radical (unpaired) electrons. The van der Waals surface area contributed by atoms with Crippen LogP contribution in [-0.4, -0.2) is 51.3 Å².